The lowest BCUT2D eigenvalue weighted by atomic mass is 10.1. The molecule has 30 heavy (non-hydrogen) atoms. The summed E-state index contributed by atoms with van der Waals surface area (Å²) in [5.41, 5.74) is 3.83. The van der Waals surface area contributed by atoms with E-state index in [1.807, 2.05) is 32.9 Å². The zero-order valence-corrected chi connectivity index (χ0v) is 17.4. The van der Waals surface area contributed by atoms with Gasteiger partial charge in [0.2, 0.25) is 5.91 Å². The van der Waals surface area contributed by atoms with Gasteiger partial charge in [0.15, 0.2) is 17.3 Å². The van der Waals surface area contributed by atoms with E-state index in [-0.39, 0.29) is 17.4 Å². The summed E-state index contributed by atoms with van der Waals surface area (Å²) in [6.45, 7) is 5.67. The Kier molecular flexibility index (Phi) is 5.21. The molecule has 3 aromatic heterocycles. The van der Waals surface area contributed by atoms with Crippen molar-refractivity contribution in [1.82, 2.24) is 29.6 Å². The molecule has 0 aliphatic carbocycles. The van der Waals surface area contributed by atoms with Crippen molar-refractivity contribution in [3.8, 4) is 5.82 Å². The second-order valence-corrected chi connectivity index (χ2v) is 7.35. The average Bonchev–Trinajstić information content (AvgIpc) is 3.22. The second kappa shape index (κ2) is 7.83. The van der Waals surface area contributed by atoms with Crippen LogP contribution in [0.15, 0.2) is 30.3 Å². The van der Waals surface area contributed by atoms with Crippen LogP contribution >= 0.6 is 11.6 Å². The minimum atomic E-state index is -0.526. The van der Waals surface area contributed by atoms with Gasteiger partial charge in [-0.1, -0.05) is 11.6 Å². The number of anilines is 1. The van der Waals surface area contributed by atoms with Crippen molar-refractivity contribution in [3.63, 3.8) is 0 Å². The highest BCUT2D eigenvalue weighted by atomic mass is 35.5. The molecule has 1 N–H and O–H groups in total. The molecule has 0 saturated carbocycles. The predicted octanol–water partition coefficient (Wildman–Crippen LogP) is 3.60. The van der Waals surface area contributed by atoms with E-state index in [9.17, 15) is 9.18 Å². The molecular weight excluding hydrogens is 409 g/mol. The van der Waals surface area contributed by atoms with Crippen molar-refractivity contribution in [2.45, 2.75) is 33.6 Å². The molecule has 0 spiro atoms. The lowest BCUT2D eigenvalue weighted by Gasteiger charge is -2.07. The number of amides is 1. The van der Waals surface area contributed by atoms with Gasteiger partial charge in [-0.25, -0.2) is 9.07 Å². The summed E-state index contributed by atoms with van der Waals surface area (Å²) < 4.78 is 16.7. The molecule has 8 nitrogen and oxygen atoms in total. The Morgan fingerprint density at radius 2 is 1.93 bits per heavy atom. The molecule has 154 valence electrons. The molecule has 0 unspecified atom stereocenters. The topological polar surface area (TPSA) is 90.0 Å². The van der Waals surface area contributed by atoms with Crippen LogP contribution in [0, 0.1) is 26.6 Å². The second-order valence-electron chi connectivity index (χ2n) is 6.95. The van der Waals surface area contributed by atoms with Crippen molar-refractivity contribution >= 4 is 28.8 Å². The largest absolute Gasteiger partial charge is 0.326 e. The molecule has 0 fully saturated rings. The SMILES string of the molecule is Cc1nn(-c2ccc3nnc(C)n3n2)c(C)c1CCC(=O)Nc1ccc(F)c(Cl)c1. The fourth-order valence-electron chi connectivity index (χ4n) is 3.30. The summed E-state index contributed by atoms with van der Waals surface area (Å²) in [5, 5.41) is 19.9. The zero-order valence-electron chi connectivity index (χ0n) is 16.6. The number of fused-ring (bicyclic) bond motifs is 1. The third-order valence-electron chi connectivity index (χ3n) is 4.87. The van der Waals surface area contributed by atoms with Crippen molar-refractivity contribution in [3.05, 3.63) is 63.9 Å². The van der Waals surface area contributed by atoms with E-state index in [0.29, 0.717) is 29.4 Å². The number of carbonyl (C=O) groups is 1. The van der Waals surface area contributed by atoms with Gasteiger partial charge in [-0.2, -0.15) is 9.61 Å². The summed E-state index contributed by atoms with van der Waals surface area (Å²) in [7, 11) is 0. The van der Waals surface area contributed by atoms with Gasteiger partial charge in [0, 0.05) is 17.8 Å². The molecule has 0 aliphatic rings. The Bertz CT molecular complexity index is 1260. The normalized spacial score (nSPS) is 11.2. The molecule has 3 heterocycles. The van der Waals surface area contributed by atoms with Crippen molar-refractivity contribution in [2.24, 2.45) is 0 Å². The number of benzene rings is 1. The maximum Gasteiger partial charge on any atom is 0.224 e. The van der Waals surface area contributed by atoms with E-state index in [1.54, 1.807) is 9.20 Å². The van der Waals surface area contributed by atoms with Crippen LogP contribution in [-0.4, -0.2) is 35.5 Å². The molecule has 0 atom stereocenters. The first-order chi connectivity index (χ1) is 14.3. The number of hydrogen-bond acceptors (Lipinski definition) is 5. The molecule has 0 bridgehead atoms. The smallest absolute Gasteiger partial charge is 0.224 e. The molecule has 4 aromatic rings. The van der Waals surface area contributed by atoms with Crippen molar-refractivity contribution in [2.75, 3.05) is 5.32 Å². The highest BCUT2D eigenvalue weighted by molar-refractivity contribution is 6.31. The van der Waals surface area contributed by atoms with Crippen LogP contribution in [0.2, 0.25) is 5.02 Å². The fraction of sp³-hybridized carbons (Fsp3) is 0.250. The van der Waals surface area contributed by atoms with Crippen molar-refractivity contribution < 1.29 is 9.18 Å². The van der Waals surface area contributed by atoms with E-state index < -0.39 is 5.82 Å². The Morgan fingerprint density at radius 3 is 2.70 bits per heavy atom. The molecule has 10 heteroatoms. The first-order valence-corrected chi connectivity index (χ1v) is 9.70. The summed E-state index contributed by atoms with van der Waals surface area (Å²) in [6.07, 6.45) is 0.756. The molecular formula is C20H19ClFN7O. The lowest BCUT2D eigenvalue weighted by Crippen LogP contribution is -2.13. The lowest BCUT2D eigenvalue weighted by molar-refractivity contribution is -0.116. The van der Waals surface area contributed by atoms with Gasteiger partial charge in [0.25, 0.3) is 0 Å². The molecule has 1 aromatic carbocycles. The number of rotatable bonds is 5. The molecule has 0 aliphatic heterocycles. The van der Waals surface area contributed by atoms with E-state index in [0.717, 1.165) is 17.0 Å². The Labute approximate surface area is 176 Å². The minimum Gasteiger partial charge on any atom is -0.326 e. The van der Waals surface area contributed by atoms with Crippen LogP contribution in [0.1, 0.15) is 29.2 Å². The standard InChI is InChI=1S/C20H19ClFN7O/c1-11-15(5-9-20(30)23-14-4-6-17(22)16(21)10-14)12(2)28(26-11)19-8-7-18-25-24-13(3)29(18)27-19/h4,6-8,10H,5,9H2,1-3H3,(H,23,30). The first kappa shape index (κ1) is 20.0. The highest BCUT2D eigenvalue weighted by Crippen LogP contribution is 2.21. The Balaban J connectivity index is 1.51. The van der Waals surface area contributed by atoms with Crippen LogP contribution in [-0.2, 0) is 11.2 Å². The van der Waals surface area contributed by atoms with Gasteiger partial charge in [-0.05, 0) is 63.1 Å². The number of carbonyl (C=O) groups excluding carboxylic acids is 1. The average molecular weight is 428 g/mol. The van der Waals surface area contributed by atoms with E-state index in [4.69, 9.17) is 11.6 Å². The Hall–Kier alpha value is -3.33. The number of hydrogen-bond donors (Lipinski definition) is 1. The summed E-state index contributed by atoms with van der Waals surface area (Å²) in [4.78, 5) is 12.3. The number of nitrogens with zero attached hydrogens (tertiary/aromatic N) is 6. The van der Waals surface area contributed by atoms with Crippen LogP contribution < -0.4 is 5.32 Å². The van der Waals surface area contributed by atoms with Crippen LogP contribution in [0.3, 0.4) is 0 Å². The quantitative estimate of drug-likeness (QED) is 0.525. The number of nitrogens with one attached hydrogen (secondary N) is 1. The van der Waals surface area contributed by atoms with E-state index in [1.165, 1.54) is 18.2 Å². The highest BCUT2D eigenvalue weighted by Gasteiger charge is 2.16. The minimum absolute atomic E-state index is 0.0337. The van der Waals surface area contributed by atoms with Gasteiger partial charge in [0.05, 0.1) is 10.7 Å². The number of halogens is 2. The zero-order chi connectivity index (χ0) is 21.4. The van der Waals surface area contributed by atoms with Gasteiger partial charge in [0.1, 0.15) is 5.82 Å². The molecule has 0 saturated heterocycles. The summed E-state index contributed by atoms with van der Waals surface area (Å²) in [5.74, 6) is 0.611. The third kappa shape index (κ3) is 3.76. The van der Waals surface area contributed by atoms with E-state index >= 15 is 0 Å². The number of aromatic nitrogens is 6. The fourth-order valence-corrected chi connectivity index (χ4v) is 3.48. The summed E-state index contributed by atoms with van der Waals surface area (Å²) >= 11 is 5.76. The van der Waals surface area contributed by atoms with Crippen LogP contribution in [0.25, 0.3) is 11.5 Å². The van der Waals surface area contributed by atoms with Crippen LogP contribution in [0.5, 0.6) is 0 Å². The summed E-state index contributed by atoms with van der Waals surface area (Å²) in [6, 6.07) is 7.75. The molecule has 1 amide bonds. The van der Waals surface area contributed by atoms with Gasteiger partial charge in [-0.3, -0.25) is 4.79 Å². The predicted molar refractivity (Wildman–Crippen MR) is 110 cm³/mol. The van der Waals surface area contributed by atoms with Crippen molar-refractivity contribution in [1.29, 1.82) is 0 Å². The maximum absolute atomic E-state index is 13.3. The number of aryl methyl sites for hydroxylation is 2. The van der Waals surface area contributed by atoms with Crippen LogP contribution in [0.4, 0.5) is 10.1 Å². The van der Waals surface area contributed by atoms with Gasteiger partial charge < -0.3 is 5.32 Å². The first-order valence-electron chi connectivity index (χ1n) is 9.33. The van der Waals surface area contributed by atoms with Gasteiger partial charge >= 0.3 is 0 Å². The maximum atomic E-state index is 13.3. The third-order valence-corrected chi connectivity index (χ3v) is 5.16. The monoisotopic (exact) mass is 427 g/mol. The molecule has 4 rings (SSSR count). The molecule has 0 radical (unpaired) electrons. The van der Waals surface area contributed by atoms with E-state index in [2.05, 4.69) is 25.7 Å². The van der Waals surface area contributed by atoms with Gasteiger partial charge in [-0.15, -0.1) is 15.3 Å². The Morgan fingerprint density at radius 1 is 1.13 bits per heavy atom.